The van der Waals surface area contributed by atoms with E-state index in [9.17, 15) is 22.8 Å². The van der Waals surface area contributed by atoms with Crippen LogP contribution in [-0.4, -0.2) is 68.1 Å². The largest absolute Gasteiger partial charge is 0.462 e. The minimum Gasteiger partial charge on any atom is -0.462 e. The molecule has 0 spiro atoms. The SMILES string of the molecule is Cc1cccc(C)c1C(=O)OCC(C)(C)CC(C)(C)COS(=O)(=O)ON1C(=O)N2C[C@H]1CC[C@H]2C(N)=O. The van der Waals surface area contributed by atoms with Crippen molar-refractivity contribution in [1.29, 1.82) is 0 Å². The van der Waals surface area contributed by atoms with Gasteiger partial charge >= 0.3 is 22.4 Å². The van der Waals surface area contributed by atoms with E-state index in [1.54, 1.807) is 0 Å². The molecule has 2 N–H and O–H groups in total. The molecule has 3 rings (SSSR count). The van der Waals surface area contributed by atoms with Crippen molar-refractivity contribution >= 4 is 28.3 Å². The fourth-order valence-electron chi connectivity index (χ4n) is 5.24. The summed E-state index contributed by atoms with van der Waals surface area (Å²) in [6, 6.07) is 3.56. The lowest BCUT2D eigenvalue weighted by Gasteiger charge is -2.34. The number of carbonyl (C=O) groups is 3. The third-order valence-electron chi connectivity index (χ3n) is 6.65. The second-order valence-corrected chi connectivity index (χ2v) is 12.7. The Kier molecular flexibility index (Phi) is 8.25. The molecule has 206 valence electrons. The number of fused-ring (bicyclic) bond motifs is 2. The molecule has 3 amide bonds. The van der Waals surface area contributed by atoms with Crippen LogP contribution in [-0.2, 0) is 28.4 Å². The van der Waals surface area contributed by atoms with E-state index in [-0.39, 0.29) is 19.8 Å². The van der Waals surface area contributed by atoms with Crippen molar-refractivity contribution in [1.82, 2.24) is 9.96 Å². The van der Waals surface area contributed by atoms with Gasteiger partial charge in [-0.1, -0.05) is 45.9 Å². The molecule has 0 saturated carbocycles. The van der Waals surface area contributed by atoms with Crippen molar-refractivity contribution in [2.24, 2.45) is 16.6 Å². The average Bonchev–Trinajstić information content (AvgIpc) is 3.00. The quantitative estimate of drug-likeness (QED) is 0.423. The normalized spacial score (nSPS) is 20.3. The average molecular weight is 540 g/mol. The molecule has 0 aromatic heterocycles. The summed E-state index contributed by atoms with van der Waals surface area (Å²) >= 11 is 0. The molecule has 0 unspecified atom stereocenters. The van der Waals surface area contributed by atoms with E-state index in [0.29, 0.717) is 24.8 Å². The molecule has 2 aliphatic heterocycles. The molecule has 12 heteroatoms. The summed E-state index contributed by atoms with van der Waals surface area (Å²) in [6.07, 6.45) is 1.18. The predicted molar refractivity (Wildman–Crippen MR) is 134 cm³/mol. The molecule has 2 saturated heterocycles. The highest BCUT2D eigenvalue weighted by Crippen LogP contribution is 2.36. The van der Waals surface area contributed by atoms with Crippen LogP contribution in [0.3, 0.4) is 0 Å². The molecule has 11 nitrogen and oxygen atoms in total. The van der Waals surface area contributed by atoms with E-state index in [1.807, 2.05) is 59.7 Å². The highest BCUT2D eigenvalue weighted by atomic mass is 32.3. The number of amides is 3. The van der Waals surface area contributed by atoms with Gasteiger partial charge in [-0.15, -0.1) is 4.28 Å². The number of ether oxygens (including phenoxy) is 1. The molecular formula is C25H37N3O8S. The van der Waals surface area contributed by atoms with Gasteiger partial charge in [0, 0.05) is 6.54 Å². The third kappa shape index (κ3) is 6.99. The number of hydroxylamine groups is 2. The van der Waals surface area contributed by atoms with Gasteiger partial charge in [0.15, 0.2) is 0 Å². The van der Waals surface area contributed by atoms with E-state index in [4.69, 9.17) is 18.9 Å². The molecule has 0 aliphatic carbocycles. The Hall–Kier alpha value is -2.70. The molecule has 1 aromatic rings. The fourth-order valence-corrected chi connectivity index (χ4v) is 6.13. The topological polar surface area (TPSA) is 146 Å². The number of benzene rings is 1. The zero-order chi connectivity index (χ0) is 27.8. The minimum atomic E-state index is -4.56. The Morgan fingerprint density at radius 2 is 1.65 bits per heavy atom. The summed E-state index contributed by atoms with van der Waals surface area (Å²) in [6.45, 7) is 11.3. The summed E-state index contributed by atoms with van der Waals surface area (Å²) in [4.78, 5) is 38.1. The smallest absolute Gasteiger partial charge is 0.421 e. The van der Waals surface area contributed by atoms with Crippen LogP contribution in [0.5, 0.6) is 0 Å². The van der Waals surface area contributed by atoms with E-state index in [0.717, 1.165) is 16.2 Å². The lowest BCUT2D eigenvalue weighted by Crippen LogP contribution is -2.47. The van der Waals surface area contributed by atoms with Crippen molar-refractivity contribution in [2.45, 2.75) is 72.9 Å². The first-order chi connectivity index (χ1) is 17.0. The van der Waals surface area contributed by atoms with Crippen molar-refractivity contribution in [3.63, 3.8) is 0 Å². The van der Waals surface area contributed by atoms with Crippen LogP contribution in [0.25, 0.3) is 0 Å². The summed E-state index contributed by atoms with van der Waals surface area (Å²) in [7, 11) is -4.56. The van der Waals surface area contributed by atoms with Gasteiger partial charge in [0.05, 0.1) is 24.8 Å². The number of hydrogen-bond acceptors (Lipinski definition) is 8. The molecular weight excluding hydrogens is 502 g/mol. The maximum absolute atomic E-state index is 12.7. The Balaban J connectivity index is 1.54. The van der Waals surface area contributed by atoms with E-state index < -0.39 is 51.2 Å². The zero-order valence-electron chi connectivity index (χ0n) is 22.3. The summed E-state index contributed by atoms with van der Waals surface area (Å²) in [5.74, 6) is -1.04. The van der Waals surface area contributed by atoms with Crippen molar-refractivity contribution in [3.8, 4) is 0 Å². The van der Waals surface area contributed by atoms with Crippen LogP contribution in [0.2, 0.25) is 0 Å². The van der Waals surface area contributed by atoms with E-state index >= 15 is 0 Å². The number of rotatable bonds is 11. The van der Waals surface area contributed by atoms with Crippen LogP contribution in [0, 0.1) is 24.7 Å². The lowest BCUT2D eigenvalue weighted by atomic mass is 9.76. The van der Waals surface area contributed by atoms with Crippen molar-refractivity contribution in [3.05, 3.63) is 34.9 Å². The maximum Gasteiger partial charge on any atom is 0.421 e. The molecule has 1 aromatic carbocycles. The Bertz CT molecular complexity index is 1140. The van der Waals surface area contributed by atoms with Crippen LogP contribution in [0.4, 0.5) is 4.79 Å². The summed E-state index contributed by atoms with van der Waals surface area (Å²) < 4.78 is 40.9. The molecule has 2 atom stereocenters. The first-order valence-electron chi connectivity index (χ1n) is 12.2. The van der Waals surface area contributed by atoms with Crippen LogP contribution in [0.1, 0.15) is 68.4 Å². The van der Waals surface area contributed by atoms with Gasteiger partial charge in [0.2, 0.25) is 5.91 Å². The standard InChI is InChI=1S/C25H37N3O8S/c1-16-8-7-9-17(2)20(16)22(30)34-14-24(3,4)13-25(5,6)15-35-37(32,33)36-28-18-10-11-19(21(26)29)27(12-18)23(28)31/h7-9,18-19H,10-15H2,1-6H3,(H2,26,29)/t18-,19+/m1/s1. The number of nitrogens with zero attached hydrogens (tertiary/aromatic N) is 2. The highest BCUT2D eigenvalue weighted by molar-refractivity contribution is 7.81. The second kappa shape index (κ2) is 10.6. The van der Waals surface area contributed by atoms with Crippen LogP contribution >= 0.6 is 0 Å². The van der Waals surface area contributed by atoms with E-state index in [1.165, 1.54) is 4.90 Å². The fraction of sp³-hybridized carbons (Fsp3) is 0.640. The third-order valence-corrected chi connectivity index (χ3v) is 7.40. The zero-order valence-corrected chi connectivity index (χ0v) is 23.1. The molecule has 2 bridgehead atoms. The second-order valence-electron chi connectivity index (χ2n) is 11.5. The Morgan fingerprint density at radius 3 is 2.24 bits per heavy atom. The first kappa shape index (κ1) is 28.9. The number of hydrogen-bond donors (Lipinski definition) is 1. The number of primary amides is 1. The lowest BCUT2D eigenvalue weighted by molar-refractivity contribution is -0.122. The van der Waals surface area contributed by atoms with Gasteiger partial charge in [-0.2, -0.15) is 13.5 Å². The number of urea groups is 1. The number of nitrogens with two attached hydrogens (primary N) is 1. The molecule has 2 aliphatic rings. The maximum atomic E-state index is 12.7. The number of piperidine rings is 1. The van der Waals surface area contributed by atoms with E-state index in [2.05, 4.69) is 0 Å². The number of esters is 1. The van der Waals surface area contributed by atoms with Gasteiger partial charge in [-0.3, -0.25) is 4.79 Å². The number of carbonyl (C=O) groups excluding carboxylic acids is 3. The monoisotopic (exact) mass is 539 g/mol. The van der Waals surface area contributed by atoms with Crippen LogP contribution < -0.4 is 5.73 Å². The van der Waals surface area contributed by atoms with Gasteiger partial charge < -0.3 is 15.4 Å². The first-order valence-corrected chi connectivity index (χ1v) is 13.6. The Morgan fingerprint density at radius 1 is 1.05 bits per heavy atom. The van der Waals surface area contributed by atoms with Gasteiger partial charge in [0.25, 0.3) is 0 Å². The van der Waals surface area contributed by atoms with Gasteiger partial charge in [0.1, 0.15) is 6.04 Å². The van der Waals surface area contributed by atoms with Gasteiger partial charge in [-0.05, 0) is 55.1 Å². The summed E-state index contributed by atoms with van der Waals surface area (Å²) in [5.41, 5.74) is 6.44. The molecule has 37 heavy (non-hydrogen) atoms. The van der Waals surface area contributed by atoms with Crippen molar-refractivity contribution in [2.75, 3.05) is 19.8 Å². The summed E-state index contributed by atoms with van der Waals surface area (Å²) in [5, 5.41) is 0.752. The Labute approximate surface area is 218 Å². The highest BCUT2D eigenvalue weighted by Gasteiger charge is 2.49. The van der Waals surface area contributed by atoms with Crippen molar-refractivity contribution < 1.29 is 36.0 Å². The predicted octanol–water partition coefficient (Wildman–Crippen LogP) is 2.85. The van der Waals surface area contributed by atoms with Gasteiger partial charge in [-0.25, -0.2) is 13.8 Å². The molecule has 2 fully saturated rings. The number of aryl methyl sites for hydroxylation is 2. The molecule has 2 heterocycles. The van der Waals surface area contributed by atoms with Crippen LogP contribution in [0.15, 0.2) is 18.2 Å². The molecule has 0 radical (unpaired) electrons. The minimum absolute atomic E-state index is 0.132.